The van der Waals surface area contributed by atoms with Crippen LogP contribution in [0.3, 0.4) is 0 Å². The van der Waals surface area contributed by atoms with Crippen molar-refractivity contribution >= 4 is 5.91 Å². The molecule has 42 heavy (non-hydrogen) atoms. The monoisotopic (exact) mass is 585 g/mol. The molecule has 2 heterocycles. The summed E-state index contributed by atoms with van der Waals surface area (Å²) in [6, 6.07) is 11.5. The van der Waals surface area contributed by atoms with Crippen molar-refractivity contribution in [3.05, 3.63) is 71.2 Å². The SMILES string of the molecule is COc1cc(C(=O)NC[C@](C)(O)c2cc3c(c(-c4ccc(F)cc4)n2)OC[C@]3(C)CNCC2CC2)ccc1OC(F)F. The highest BCUT2D eigenvalue weighted by Gasteiger charge is 2.41. The molecule has 1 fully saturated rings. The number of pyridine rings is 1. The number of amides is 1. The molecule has 2 atom stereocenters. The lowest BCUT2D eigenvalue weighted by Crippen LogP contribution is -2.40. The van der Waals surface area contributed by atoms with Gasteiger partial charge >= 0.3 is 6.61 Å². The molecular weight excluding hydrogens is 551 g/mol. The molecule has 1 aliphatic heterocycles. The van der Waals surface area contributed by atoms with Gasteiger partial charge in [0.25, 0.3) is 5.91 Å². The molecule has 5 rings (SSSR count). The zero-order valence-electron chi connectivity index (χ0n) is 23.7. The van der Waals surface area contributed by atoms with Gasteiger partial charge in [-0.05, 0) is 80.8 Å². The summed E-state index contributed by atoms with van der Waals surface area (Å²) in [5, 5.41) is 17.8. The van der Waals surface area contributed by atoms with Gasteiger partial charge in [-0.15, -0.1) is 0 Å². The second kappa shape index (κ2) is 11.8. The molecule has 1 amide bonds. The van der Waals surface area contributed by atoms with E-state index >= 15 is 0 Å². The fourth-order valence-electron chi connectivity index (χ4n) is 4.98. The lowest BCUT2D eigenvalue weighted by molar-refractivity contribution is -0.0512. The Balaban J connectivity index is 1.41. The summed E-state index contributed by atoms with van der Waals surface area (Å²) in [6.07, 6.45) is 2.46. The van der Waals surface area contributed by atoms with Crippen molar-refractivity contribution in [2.45, 2.75) is 44.3 Å². The Morgan fingerprint density at radius 2 is 1.93 bits per heavy atom. The maximum Gasteiger partial charge on any atom is 0.387 e. The minimum atomic E-state index is -3.05. The van der Waals surface area contributed by atoms with Gasteiger partial charge < -0.3 is 30.0 Å². The minimum absolute atomic E-state index is 0.0338. The number of rotatable bonds is 12. The number of aliphatic hydroxyl groups is 1. The maximum atomic E-state index is 13.7. The second-order valence-corrected chi connectivity index (χ2v) is 11.4. The number of alkyl halides is 2. The van der Waals surface area contributed by atoms with Crippen LogP contribution >= 0.6 is 0 Å². The number of fused-ring (bicyclic) bond motifs is 1. The number of methoxy groups -OCH3 is 1. The molecule has 2 aromatic carbocycles. The number of hydrogen-bond acceptors (Lipinski definition) is 7. The molecule has 0 spiro atoms. The number of carbonyl (C=O) groups is 1. The maximum absolute atomic E-state index is 13.7. The van der Waals surface area contributed by atoms with E-state index < -0.39 is 23.5 Å². The number of nitrogens with one attached hydrogen (secondary N) is 2. The second-order valence-electron chi connectivity index (χ2n) is 11.4. The van der Waals surface area contributed by atoms with E-state index in [-0.39, 0.29) is 29.4 Å². The standard InChI is InChI=1S/C31H34F3N3O5/c1-30(15-35-14-18-4-5-18)17-41-27-22(30)13-25(37-26(27)19-6-9-21(32)10-7-19)31(2,39)16-36-28(38)20-8-11-23(42-29(33)34)24(12-20)40-3/h6-13,18,29,35,39H,4-5,14-17H2,1-3H3,(H,36,38)/t30-,31-/m0/s1. The van der Waals surface area contributed by atoms with Gasteiger partial charge in [-0.3, -0.25) is 4.79 Å². The van der Waals surface area contributed by atoms with Crippen LogP contribution in [0.5, 0.6) is 17.2 Å². The van der Waals surface area contributed by atoms with Gasteiger partial charge in [0.2, 0.25) is 0 Å². The number of aromatic nitrogens is 1. The van der Waals surface area contributed by atoms with Crippen LogP contribution in [0.2, 0.25) is 0 Å². The van der Waals surface area contributed by atoms with E-state index in [2.05, 4.69) is 22.3 Å². The van der Waals surface area contributed by atoms with Crippen molar-refractivity contribution in [1.82, 2.24) is 15.6 Å². The highest BCUT2D eigenvalue weighted by molar-refractivity contribution is 5.95. The van der Waals surface area contributed by atoms with E-state index in [0.717, 1.165) is 12.1 Å². The molecule has 0 unspecified atom stereocenters. The number of nitrogens with zero attached hydrogens (tertiary/aromatic N) is 1. The number of carbonyl (C=O) groups excluding carboxylic acids is 1. The molecule has 1 aliphatic carbocycles. The molecule has 0 radical (unpaired) electrons. The first-order chi connectivity index (χ1) is 20.0. The van der Waals surface area contributed by atoms with Gasteiger partial charge in [-0.1, -0.05) is 6.92 Å². The van der Waals surface area contributed by atoms with E-state index in [1.54, 1.807) is 18.2 Å². The van der Waals surface area contributed by atoms with Crippen LogP contribution in [0.1, 0.15) is 48.3 Å². The molecular formula is C31H34F3N3O5. The predicted molar refractivity (Wildman–Crippen MR) is 150 cm³/mol. The van der Waals surface area contributed by atoms with Crippen LogP contribution in [0, 0.1) is 11.7 Å². The zero-order valence-corrected chi connectivity index (χ0v) is 23.7. The van der Waals surface area contributed by atoms with Gasteiger partial charge in [0.1, 0.15) is 22.9 Å². The van der Waals surface area contributed by atoms with E-state index in [1.807, 2.05) is 0 Å². The van der Waals surface area contributed by atoms with Gasteiger partial charge in [-0.25, -0.2) is 9.37 Å². The number of ether oxygens (including phenoxy) is 3. The summed E-state index contributed by atoms with van der Waals surface area (Å²) in [5.74, 6) is 0.100. The van der Waals surface area contributed by atoms with Crippen LogP contribution in [0.4, 0.5) is 13.2 Å². The summed E-state index contributed by atoms with van der Waals surface area (Å²) < 4.78 is 54.7. The third kappa shape index (κ3) is 6.47. The average Bonchev–Trinajstić information content (AvgIpc) is 3.73. The molecule has 224 valence electrons. The third-order valence-electron chi connectivity index (χ3n) is 7.71. The molecule has 0 bridgehead atoms. The largest absolute Gasteiger partial charge is 0.493 e. The normalized spacial score (nSPS) is 19.1. The highest BCUT2D eigenvalue weighted by Crippen LogP contribution is 2.45. The summed E-state index contributed by atoms with van der Waals surface area (Å²) >= 11 is 0. The molecule has 3 aromatic rings. The average molecular weight is 586 g/mol. The molecule has 11 heteroatoms. The summed E-state index contributed by atoms with van der Waals surface area (Å²) in [4.78, 5) is 17.7. The van der Waals surface area contributed by atoms with E-state index in [1.165, 1.54) is 57.2 Å². The minimum Gasteiger partial charge on any atom is -0.493 e. The number of benzene rings is 2. The summed E-state index contributed by atoms with van der Waals surface area (Å²) in [5.41, 5.74) is 0.365. The zero-order chi connectivity index (χ0) is 30.1. The Morgan fingerprint density at radius 1 is 1.19 bits per heavy atom. The van der Waals surface area contributed by atoms with Gasteiger partial charge in [-0.2, -0.15) is 8.78 Å². The molecule has 1 saturated carbocycles. The van der Waals surface area contributed by atoms with Crippen molar-refractivity contribution in [2.24, 2.45) is 5.92 Å². The van der Waals surface area contributed by atoms with Gasteiger partial charge in [0, 0.05) is 28.7 Å². The van der Waals surface area contributed by atoms with Crippen molar-refractivity contribution in [3.63, 3.8) is 0 Å². The predicted octanol–water partition coefficient (Wildman–Crippen LogP) is 4.78. The smallest absolute Gasteiger partial charge is 0.387 e. The Kier molecular flexibility index (Phi) is 8.34. The fraction of sp³-hybridized carbons (Fsp3) is 0.419. The molecule has 3 N–H and O–H groups in total. The third-order valence-corrected chi connectivity index (χ3v) is 7.71. The topological polar surface area (TPSA) is 102 Å². The quantitative estimate of drug-likeness (QED) is 0.281. The lowest BCUT2D eigenvalue weighted by Gasteiger charge is -2.27. The first-order valence-corrected chi connectivity index (χ1v) is 13.8. The van der Waals surface area contributed by atoms with E-state index in [9.17, 15) is 23.1 Å². The van der Waals surface area contributed by atoms with E-state index in [4.69, 9.17) is 14.5 Å². The van der Waals surface area contributed by atoms with Crippen molar-refractivity contribution in [2.75, 3.05) is 33.4 Å². The first kappa shape index (κ1) is 29.7. The number of hydrogen-bond donors (Lipinski definition) is 3. The lowest BCUT2D eigenvalue weighted by atomic mass is 9.82. The Labute approximate surface area is 242 Å². The fourth-order valence-corrected chi connectivity index (χ4v) is 4.98. The summed E-state index contributed by atoms with van der Waals surface area (Å²) in [7, 11) is 1.28. The first-order valence-electron chi connectivity index (χ1n) is 13.8. The Morgan fingerprint density at radius 3 is 2.60 bits per heavy atom. The van der Waals surface area contributed by atoms with Crippen LogP contribution in [-0.2, 0) is 11.0 Å². The Hall–Kier alpha value is -3.83. The molecule has 1 aromatic heterocycles. The van der Waals surface area contributed by atoms with Crippen molar-refractivity contribution in [3.8, 4) is 28.5 Å². The van der Waals surface area contributed by atoms with E-state index in [0.29, 0.717) is 41.8 Å². The number of halogens is 3. The van der Waals surface area contributed by atoms with Gasteiger partial charge in [0.15, 0.2) is 11.5 Å². The van der Waals surface area contributed by atoms with Crippen molar-refractivity contribution in [1.29, 1.82) is 0 Å². The molecule has 2 aliphatic rings. The van der Waals surface area contributed by atoms with Crippen LogP contribution < -0.4 is 24.8 Å². The molecule has 8 nitrogen and oxygen atoms in total. The van der Waals surface area contributed by atoms with Crippen molar-refractivity contribution < 1.29 is 37.3 Å². The summed E-state index contributed by atoms with van der Waals surface area (Å²) in [6.45, 7) is 2.36. The van der Waals surface area contributed by atoms with Crippen LogP contribution in [-0.4, -0.2) is 56.0 Å². The Bertz CT molecular complexity index is 1450. The molecule has 0 saturated heterocycles. The van der Waals surface area contributed by atoms with Crippen LogP contribution in [0.15, 0.2) is 48.5 Å². The van der Waals surface area contributed by atoms with Gasteiger partial charge in [0.05, 0.1) is 26.0 Å². The van der Waals surface area contributed by atoms with Crippen LogP contribution in [0.25, 0.3) is 11.3 Å². The highest BCUT2D eigenvalue weighted by atomic mass is 19.3.